The van der Waals surface area contributed by atoms with Crippen LogP contribution >= 0.6 is 0 Å². The minimum atomic E-state index is -0.940. The quantitative estimate of drug-likeness (QED) is 0.636. The molecule has 0 aliphatic carbocycles. The van der Waals surface area contributed by atoms with Crippen molar-refractivity contribution in [3.05, 3.63) is 0 Å². The molecule has 3 nitrogen and oxygen atoms in total. The predicted octanol–water partition coefficient (Wildman–Crippen LogP) is 2.52. The van der Waals surface area contributed by atoms with Crippen LogP contribution in [-0.4, -0.2) is 12.6 Å². The summed E-state index contributed by atoms with van der Waals surface area (Å²) in [6.07, 6.45) is 1.08. The molecular weight excluding hydrogens is 178 g/mol. The molecule has 0 fully saturated rings. The van der Waals surface area contributed by atoms with Crippen LogP contribution in [0.3, 0.4) is 0 Å². The van der Waals surface area contributed by atoms with Crippen LogP contribution in [0.5, 0.6) is 0 Å². The van der Waals surface area contributed by atoms with Crippen molar-refractivity contribution in [3.8, 4) is 6.07 Å². The van der Waals surface area contributed by atoms with Crippen molar-refractivity contribution < 1.29 is 9.53 Å². The molecule has 80 valence electrons. The Labute approximate surface area is 86.1 Å². The van der Waals surface area contributed by atoms with E-state index in [1.54, 1.807) is 6.92 Å². The van der Waals surface area contributed by atoms with Crippen LogP contribution in [0.15, 0.2) is 0 Å². The van der Waals surface area contributed by atoms with E-state index in [2.05, 4.69) is 6.07 Å². The van der Waals surface area contributed by atoms with Gasteiger partial charge in [0, 0.05) is 0 Å². The average molecular weight is 197 g/mol. The van der Waals surface area contributed by atoms with E-state index in [0.717, 1.165) is 0 Å². The minimum Gasteiger partial charge on any atom is -0.465 e. The molecule has 0 aromatic carbocycles. The molecule has 0 bridgehead atoms. The summed E-state index contributed by atoms with van der Waals surface area (Å²) in [5.74, 6) is -0.0577. The van der Waals surface area contributed by atoms with Crippen LogP contribution in [0.25, 0.3) is 0 Å². The summed E-state index contributed by atoms with van der Waals surface area (Å²) in [5.41, 5.74) is -0.940. The molecule has 0 saturated heterocycles. The Balaban J connectivity index is 4.70. The zero-order chi connectivity index (χ0) is 11.2. The first kappa shape index (κ1) is 13.0. The van der Waals surface area contributed by atoms with Gasteiger partial charge in [-0.15, -0.1) is 0 Å². The Morgan fingerprint density at radius 3 is 2.36 bits per heavy atom. The first-order chi connectivity index (χ1) is 6.52. The number of rotatable bonds is 5. The first-order valence-electron chi connectivity index (χ1n) is 5.10. The molecule has 0 aromatic heterocycles. The van der Waals surface area contributed by atoms with Gasteiger partial charge in [-0.1, -0.05) is 20.8 Å². The molecule has 1 atom stereocenters. The zero-order valence-electron chi connectivity index (χ0n) is 9.46. The van der Waals surface area contributed by atoms with Gasteiger partial charge in [-0.25, -0.2) is 0 Å². The van der Waals surface area contributed by atoms with Crippen LogP contribution in [-0.2, 0) is 9.53 Å². The molecule has 0 N–H and O–H groups in total. The second-order valence-electron chi connectivity index (χ2n) is 3.87. The van der Waals surface area contributed by atoms with Crippen molar-refractivity contribution in [2.45, 2.75) is 40.5 Å². The van der Waals surface area contributed by atoms with Crippen molar-refractivity contribution in [2.24, 2.45) is 11.3 Å². The van der Waals surface area contributed by atoms with Crippen LogP contribution in [0.2, 0.25) is 0 Å². The van der Waals surface area contributed by atoms with Gasteiger partial charge in [0.25, 0.3) is 0 Å². The van der Waals surface area contributed by atoms with Gasteiger partial charge < -0.3 is 4.74 Å². The Hall–Kier alpha value is -1.04. The summed E-state index contributed by atoms with van der Waals surface area (Å²) in [6, 6.07) is 2.11. The number of hydrogen-bond donors (Lipinski definition) is 0. The van der Waals surface area contributed by atoms with Gasteiger partial charge in [-0.2, -0.15) is 5.26 Å². The van der Waals surface area contributed by atoms with Gasteiger partial charge in [0.2, 0.25) is 0 Å². The van der Waals surface area contributed by atoms with Crippen LogP contribution in [0.4, 0.5) is 0 Å². The van der Waals surface area contributed by atoms with Crippen LogP contribution < -0.4 is 0 Å². The Bertz CT molecular complexity index is 230. The maximum Gasteiger partial charge on any atom is 0.326 e. The lowest BCUT2D eigenvalue weighted by atomic mass is 9.79. The molecular formula is C11H19NO2. The van der Waals surface area contributed by atoms with E-state index < -0.39 is 5.41 Å². The lowest BCUT2D eigenvalue weighted by Crippen LogP contribution is -2.32. The van der Waals surface area contributed by atoms with Gasteiger partial charge in [0.05, 0.1) is 12.7 Å². The standard InChI is InChI=1S/C11H19NO2/c1-5-11(8-12,7-9(3)4)10(13)14-6-2/h9H,5-7H2,1-4H3. The number of hydrogen-bond acceptors (Lipinski definition) is 3. The predicted molar refractivity (Wildman–Crippen MR) is 54.4 cm³/mol. The highest BCUT2D eigenvalue weighted by atomic mass is 16.5. The van der Waals surface area contributed by atoms with Crippen molar-refractivity contribution >= 4 is 5.97 Å². The summed E-state index contributed by atoms with van der Waals surface area (Å²) >= 11 is 0. The molecule has 14 heavy (non-hydrogen) atoms. The lowest BCUT2D eigenvalue weighted by Gasteiger charge is -2.24. The third kappa shape index (κ3) is 3.02. The van der Waals surface area contributed by atoms with Crippen molar-refractivity contribution in [1.82, 2.24) is 0 Å². The molecule has 0 amide bonds. The van der Waals surface area contributed by atoms with Gasteiger partial charge in [-0.3, -0.25) is 4.79 Å². The molecule has 0 aromatic rings. The lowest BCUT2D eigenvalue weighted by molar-refractivity contribution is -0.153. The summed E-state index contributed by atoms with van der Waals surface area (Å²) in [4.78, 5) is 11.6. The number of esters is 1. The van der Waals surface area contributed by atoms with Crippen molar-refractivity contribution in [1.29, 1.82) is 5.26 Å². The smallest absolute Gasteiger partial charge is 0.326 e. The Morgan fingerprint density at radius 1 is 1.50 bits per heavy atom. The normalized spacial score (nSPS) is 14.6. The number of nitrogens with zero attached hydrogens (tertiary/aromatic N) is 1. The van der Waals surface area contributed by atoms with E-state index in [4.69, 9.17) is 10.00 Å². The zero-order valence-corrected chi connectivity index (χ0v) is 9.46. The number of carbonyl (C=O) groups excluding carboxylic acids is 1. The summed E-state index contributed by atoms with van der Waals surface area (Å²) < 4.78 is 4.93. The van der Waals surface area contributed by atoms with Crippen LogP contribution in [0.1, 0.15) is 40.5 Å². The van der Waals surface area contributed by atoms with E-state index in [0.29, 0.717) is 25.4 Å². The number of nitriles is 1. The molecule has 1 unspecified atom stereocenters. The highest BCUT2D eigenvalue weighted by molar-refractivity contribution is 5.79. The van der Waals surface area contributed by atoms with Gasteiger partial charge in [0.15, 0.2) is 5.41 Å². The molecule has 0 saturated carbocycles. The number of ether oxygens (including phenoxy) is 1. The van der Waals surface area contributed by atoms with E-state index in [9.17, 15) is 4.79 Å². The molecule has 0 aliphatic rings. The fourth-order valence-electron chi connectivity index (χ4n) is 1.51. The molecule has 0 heterocycles. The number of carbonyl (C=O) groups is 1. The molecule has 0 radical (unpaired) electrons. The molecule has 3 heteroatoms. The Morgan fingerprint density at radius 2 is 2.07 bits per heavy atom. The summed E-state index contributed by atoms with van der Waals surface area (Å²) in [6.45, 7) is 7.94. The maximum atomic E-state index is 11.6. The fourth-order valence-corrected chi connectivity index (χ4v) is 1.51. The van der Waals surface area contributed by atoms with Crippen molar-refractivity contribution in [3.63, 3.8) is 0 Å². The molecule has 0 spiro atoms. The third-order valence-corrected chi connectivity index (χ3v) is 2.24. The van der Waals surface area contributed by atoms with E-state index >= 15 is 0 Å². The van der Waals surface area contributed by atoms with Gasteiger partial charge in [0.1, 0.15) is 0 Å². The fraction of sp³-hybridized carbons (Fsp3) is 0.818. The minimum absolute atomic E-state index is 0.319. The molecule has 0 aliphatic heterocycles. The second kappa shape index (κ2) is 5.64. The Kier molecular flexibility index (Phi) is 5.22. The summed E-state index contributed by atoms with van der Waals surface area (Å²) in [5, 5.41) is 9.07. The van der Waals surface area contributed by atoms with Crippen molar-refractivity contribution in [2.75, 3.05) is 6.61 Å². The summed E-state index contributed by atoms with van der Waals surface area (Å²) in [7, 11) is 0. The average Bonchev–Trinajstić information content (AvgIpc) is 2.14. The topological polar surface area (TPSA) is 50.1 Å². The van der Waals surface area contributed by atoms with Gasteiger partial charge >= 0.3 is 5.97 Å². The second-order valence-corrected chi connectivity index (χ2v) is 3.87. The highest BCUT2D eigenvalue weighted by Crippen LogP contribution is 2.31. The maximum absolute atomic E-state index is 11.6. The third-order valence-electron chi connectivity index (χ3n) is 2.24. The van der Waals surface area contributed by atoms with E-state index in [-0.39, 0.29) is 5.97 Å². The largest absolute Gasteiger partial charge is 0.465 e. The first-order valence-corrected chi connectivity index (χ1v) is 5.10. The van der Waals surface area contributed by atoms with Crippen LogP contribution in [0, 0.1) is 22.7 Å². The molecule has 0 rings (SSSR count). The van der Waals surface area contributed by atoms with E-state index in [1.165, 1.54) is 0 Å². The van der Waals surface area contributed by atoms with Gasteiger partial charge in [-0.05, 0) is 25.7 Å². The highest BCUT2D eigenvalue weighted by Gasteiger charge is 2.38. The monoisotopic (exact) mass is 197 g/mol. The SMILES string of the molecule is CCOC(=O)C(C#N)(CC)CC(C)C. The van der Waals surface area contributed by atoms with E-state index in [1.807, 2.05) is 20.8 Å².